The maximum atomic E-state index is 12.5. The zero-order valence-electron chi connectivity index (χ0n) is 11.7. The Labute approximate surface area is 114 Å². The minimum absolute atomic E-state index is 0.0858. The third kappa shape index (κ3) is 3.26. The molecule has 1 fully saturated rings. The minimum Gasteiger partial charge on any atom is -0.493 e. The molecule has 2 rings (SSSR count). The number of benzene rings is 1. The van der Waals surface area contributed by atoms with E-state index in [0.717, 1.165) is 26.1 Å². The van der Waals surface area contributed by atoms with Gasteiger partial charge in [0.25, 0.3) is 5.91 Å². The lowest BCUT2D eigenvalue weighted by Crippen LogP contribution is -2.30. The Morgan fingerprint density at radius 1 is 1.47 bits per heavy atom. The lowest BCUT2D eigenvalue weighted by Gasteiger charge is -2.18. The average Bonchev–Trinajstić information content (AvgIpc) is 2.88. The molecule has 104 valence electrons. The predicted molar refractivity (Wildman–Crippen MR) is 75.5 cm³/mol. The van der Waals surface area contributed by atoms with Gasteiger partial charge in [0.2, 0.25) is 0 Å². The molecule has 1 saturated heterocycles. The summed E-state index contributed by atoms with van der Waals surface area (Å²) in [6.07, 6.45) is 1.07. The molecule has 4 heteroatoms. The van der Waals surface area contributed by atoms with Crippen LogP contribution in [0.3, 0.4) is 0 Å². The Balaban J connectivity index is 2.08. The summed E-state index contributed by atoms with van der Waals surface area (Å²) in [6.45, 7) is 5.15. The van der Waals surface area contributed by atoms with Crippen LogP contribution in [0, 0.1) is 5.92 Å². The molecule has 1 unspecified atom stereocenters. The van der Waals surface area contributed by atoms with Crippen molar-refractivity contribution < 1.29 is 9.53 Å². The van der Waals surface area contributed by atoms with E-state index in [0.29, 0.717) is 23.8 Å². The van der Waals surface area contributed by atoms with Gasteiger partial charge >= 0.3 is 0 Å². The summed E-state index contributed by atoms with van der Waals surface area (Å²) in [6, 6.07) is 7.49. The number of likely N-dealkylation sites (tertiary alicyclic amines) is 1. The highest BCUT2D eigenvalue weighted by atomic mass is 16.5. The van der Waals surface area contributed by atoms with Crippen LogP contribution in [0.15, 0.2) is 24.3 Å². The Kier molecular flexibility index (Phi) is 4.80. The largest absolute Gasteiger partial charge is 0.493 e. The van der Waals surface area contributed by atoms with Crippen molar-refractivity contribution in [2.24, 2.45) is 5.92 Å². The highest BCUT2D eigenvalue weighted by molar-refractivity contribution is 5.97. The van der Waals surface area contributed by atoms with Crippen molar-refractivity contribution in [2.75, 3.05) is 33.3 Å². The number of hydrogen-bond acceptors (Lipinski definition) is 3. The zero-order chi connectivity index (χ0) is 13.7. The quantitative estimate of drug-likeness (QED) is 0.879. The second-order valence-electron chi connectivity index (χ2n) is 4.89. The fraction of sp³-hybridized carbons (Fsp3) is 0.533. The van der Waals surface area contributed by atoms with Gasteiger partial charge in [-0.2, -0.15) is 0 Å². The minimum atomic E-state index is 0.0858. The zero-order valence-corrected chi connectivity index (χ0v) is 11.7. The molecule has 1 aromatic carbocycles. The number of nitrogens with zero attached hydrogens (tertiary/aromatic N) is 1. The molecule has 0 radical (unpaired) electrons. The molecule has 1 amide bonds. The van der Waals surface area contributed by atoms with Gasteiger partial charge in [-0.25, -0.2) is 0 Å². The van der Waals surface area contributed by atoms with Gasteiger partial charge < -0.3 is 15.0 Å². The van der Waals surface area contributed by atoms with E-state index in [9.17, 15) is 4.79 Å². The first-order valence-electron chi connectivity index (χ1n) is 6.92. The molecule has 1 atom stereocenters. The van der Waals surface area contributed by atoms with Crippen LogP contribution < -0.4 is 10.1 Å². The first-order chi connectivity index (χ1) is 9.26. The molecule has 0 spiro atoms. The van der Waals surface area contributed by atoms with Crippen LogP contribution in [-0.2, 0) is 0 Å². The molecule has 0 saturated carbocycles. The highest BCUT2D eigenvalue weighted by Crippen LogP contribution is 2.23. The fourth-order valence-corrected chi connectivity index (χ4v) is 2.57. The van der Waals surface area contributed by atoms with Crippen molar-refractivity contribution in [3.63, 3.8) is 0 Å². The van der Waals surface area contributed by atoms with Crippen molar-refractivity contribution in [1.29, 1.82) is 0 Å². The average molecular weight is 262 g/mol. The lowest BCUT2D eigenvalue weighted by molar-refractivity contribution is 0.0783. The molecule has 1 N–H and O–H groups in total. The number of ether oxygens (including phenoxy) is 1. The van der Waals surface area contributed by atoms with Gasteiger partial charge in [0.15, 0.2) is 0 Å². The molecular formula is C15H22N2O2. The van der Waals surface area contributed by atoms with Gasteiger partial charge in [-0.15, -0.1) is 0 Å². The number of carbonyl (C=O) groups is 1. The molecule has 1 heterocycles. The number of para-hydroxylation sites is 1. The normalized spacial score (nSPS) is 18.6. The van der Waals surface area contributed by atoms with Crippen LogP contribution in [0.1, 0.15) is 23.7 Å². The molecule has 0 bridgehead atoms. The standard InChI is InChI=1S/C15H22N2O2/c1-3-19-14-7-5-4-6-13(14)15(18)17-9-8-12(11-17)10-16-2/h4-7,12,16H,3,8-11H2,1-2H3. The molecule has 19 heavy (non-hydrogen) atoms. The number of rotatable bonds is 5. The van der Waals surface area contributed by atoms with Crippen molar-refractivity contribution in [3.05, 3.63) is 29.8 Å². The van der Waals surface area contributed by atoms with Crippen molar-refractivity contribution >= 4 is 5.91 Å². The number of nitrogens with one attached hydrogen (secondary N) is 1. The summed E-state index contributed by atoms with van der Waals surface area (Å²) in [7, 11) is 1.95. The smallest absolute Gasteiger partial charge is 0.257 e. The molecule has 1 aliphatic rings. The summed E-state index contributed by atoms with van der Waals surface area (Å²) < 4.78 is 5.53. The van der Waals surface area contributed by atoms with Crippen molar-refractivity contribution in [1.82, 2.24) is 10.2 Å². The summed E-state index contributed by atoms with van der Waals surface area (Å²) in [4.78, 5) is 14.4. The maximum Gasteiger partial charge on any atom is 0.257 e. The fourth-order valence-electron chi connectivity index (χ4n) is 2.57. The highest BCUT2D eigenvalue weighted by Gasteiger charge is 2.27. The van der Waals surface area contributed by atoms with Crippen molar-refractivity contribution in [2.45, 2.75) is 13.3 Å². The van der Waals surface area contributed by atoms with Gasteiger partial charge in [0, 0.05) is 13.1 Å². The van der Waals surface area contributed by atoms with Crippen LogP contribution >= 0.6 is 0 Å². The van der Waals surface area contributed by atoms with Crippen LogP contribution in [0.4, 0.5) is 0 Å². The van der Waals surface area contributed by atoms with E-state index in [1.807, 2.05) is 43.1 Å². The SMILES string of the molecule is CCOc1ccccc1C(=O)N1CCC(CNC)C1. The van der Waals surface area contributed by atoms with Gasteiger partial charge in [0.1, 0.15) is 5.75 Å². The molecule has 1 aromatic rings. The molecule has 0 aromatic heterocycles. The van der Waals surface area contributed by atoms with E-state index in [4.69, 9.17) is 4.74 Å². The van der Waals surface area contributed by atoms with Gasteiger partial charge in [-0.05, 0) is 45.0 Å². The first kappa shape index (κ1) is 13.9. The van der Waals surface area contributed by atoms with Gasteiger partial charge in [0.05, 0.1) is 12.2 Å². The topological polar surface area (TPSA) is 41.6 Å². The predicted octanol–water partition coefficient (Wildman–Crippen LogP) is 1.77. The monoisotopic (exact) mass is 262 g/mol. The third-order valence-electron chi connectivity index (χ3n) is 3.48. The van der Waals surface area contributed by atoms with Crippen molar-refractivity contribution in [3.8, 4) is 5.75 Å². The first-order valence-corrected chi connectivity index (χ1v) is 6.92. The molecule has 4 nitrogen and oxygen atoms in total. The van der Waals surface area contributed by atoms with E-state index in [1.54, 1.807) is 0 Å². The Bertz CT molecular complexity index is 434. The summed E-state index contributed by atoms with van der Waals surface area (Å²) >= 11 is 0. The third-order valence-corrected chi connectivity index (χ3v) is 3.48. The van der Waals surface area contributed by atoms with E-state index in [2.05, 4.69) is 5.32 Å². The molecule has 1 aliphatic heterocycles. The van der Waals surface area contributed by atoms with Crippen LogP contribution in [0.25, 0.3) is 0 Å². The van der Waals surface area contributed by atoms with E-state index < -0.39 is 0 Å². The van der Waals surface area contributed by atoms with Crippen LogP contribution in [0.2, 0.25) is 0 Å². The lowest BCUT2D eigenvalue weighted by atomic mass is 10.1. The number of carbonyl (C=O) groups excluding carboxylic acids is 1. The maximum absolute atomic E-state index is 12.5. The van der Waals surface area contributed by atoms with Gasteiger partial charge in [-0.1, -0.05) is 12.1 Å². The Hall–Kier alpha value is -1.55. The van der Waals surface area contributed by atoms with E-state index >= 15 is 0 Å². The van der Waals surface area contributed by atoms with Gasteiger partial charge in [-0.3, -0.25) is 4.79 Å². The van der Waals surface area contributed by atoms with Crippen LogP contribution in [-0.4, -0.2) is 44.1 Å². The van der Waals surface area contributed by atoms with E-state index in [1.165, 1.54) is 0 Å². The Morgan fingerprint density at radius 2 is 2.26 bits per heavy atom. The second-order valence-corrected chi connectivity index (χ2v) is 4.89. The second kappa shape index (κ2) is 6.57. The summed E-state index contributed by atoms with van der Waals surface area (Å²) in [5.41, 5.74) is 0.675. The molecule has 0 aliphatic carbocycles. The number of hydrogen-bond donors (Lipinski definition) is 1. The molecular weight excluding hydrogens is 240 g/mol. The summed E-state index contributed by atoms with van der Waals surface area (Å²) in [5, 5.41) is 3.18. The Morgan fingerprint density at radius 3 is 3.00 bits per heavy atom. The number of amides is 1. The summed E-state index contributed by atoms with van der Waals surface area (Å²) in [5.74, 6) is 1.34. The van der Waals surface area contributed by atoms with E-state index in [-0.39, 0.29) is 5.91 Å². The van der Waals surface area contributed by atoms with Crippen LogP contribution in [0.5, 0.6) is 5.75 Å².